The summed E-state index contributed by atoms with van der Waals surface area (Å²) < 4.78 is 36.2. The van der Waals surface area contributed by atoms with Crippen LogP contribution in [0.1, 0.15) is 44.0 Å². The Morgan fingerprint density at radius 2 is 1.56 bits per heavy atom. The van der Waals surface area contributed by atoms with Crippen molar-refractivity contribution in [2.75, 3.05) is 12.8 Å². The quantitative estimate of drug-likeness (QED) is 0.805. The smallest absolute Gasteiger partial charge is 0.318 e. The standard InChI is InChI=1S/C20H25FN2O3S/c1-5-23(15(3)17-6-10-18(21)11-7-17)20(24)22-14(2)16-8-12-19(13-9-16)27(4,25)26/h6-15H,5H2,1-4H3,(H,22,24). The highest BCUT2D eigenvalue weighted by molar-refractivity contribution is 7.90. The van der Waals surface area contributed by atoms with Gasteiger partial charge in [-0.15, -0.1) is 0 Å². The summed E-state index contributed by atoms with van der Waals surface area (Å²) in [4.78, 5) is 14.6. The molecule has 7 heteroatoms. The van der Waals surface area contributed by atoms with Gasteiger partial charge in [-0.25, -0.2) is 17.6 Å². The predicted molar refractivity (Wildman–Crippen MR) is 104 cm³/mol. The first-order valence-electron chi connectivity index (χ1n) is 8.76. The highest BCUT2D eigenvalue weighted by atomic mass is 32.2. The maximum absolute atomic E-state index is 13.1. The summed E-state index contributed by atoms with van der Waals surface area (Å²) >= 11 is 0. The SMILES string of the molecule is CCN(C(=O)NC(C)c1ccc(S(C)(=O)=O)cc1)C(C)c1ccc(F)cc1. The van der Waals surface area contributed by atoms with E-state index in [-0.39, 0.29) is 28.8 Å². The molecule has 0 bridgehead atoms. The molecule has 2 atom stereocenters. The van der Waals surface area contributed by atoms with Crippen molar-refractivity contribution in [3.05, 3.63) is 65.5 Å². The molecule has 27 heavy (non-hydrogen) atoms. The highest BCUT2D eigenvalue weighted by Crippen LogP contribution is 2.22. The maximum atomic E-state index is 13.1. The average molecular weight is 392 g/mol. The first-order valence-corrected chi connectivity index (χ1v) is 10.6. The number of nitrogens with one attached hydrogen (secondary N) is 1. The van der Waals surface area contributed by atoms with Gasteiger partial charge in [0.05, 0.1) is 17.0 Å². The summed E-state index contributed by atoms with van der Waals surface area (Å²) in [6, 6.07) is 11.8. The first-order chi connectivity index (χ1) is 12.6. The zero-order valence-corrected chi connectivity index (χ0v) is 16.8. The van der Waals surface area contributed by atoms with Crippen LogP contribution in [-0.2, 0) is 9.84 Å². The lowest BCUT2D eigenvalue weighted by molar-refractivity contribution is 0.179. The van der Waals surface area contributed by atoms with E-state index in [2.05, 4.69) is 5.32 Å². The van der Waals surface area contributed by atoms with Crippen molar-refractivity contribution >= 4 is 15.9 Å². The number of hydrogen-bond acceptors (Lipinski definition) is 3. The number of hydrogen-bond donors (Lipinski definition) is 1. The Labute approximate surface area is 160 Å². The van der Waals surface area contributed by atoms with E-state index in [0.717, 1.165) is 17.4 Å². The molecule has 0 spiro atoms. The summed E-state index contributed by atoms with van der Waals surface area (Å²) in [5.41, 5.74) is 1.65. The lowest BCUT2D eigenvalue weighted by Crippen LogP contribution is -2.42. The van der Waals surface area contributed by atoms with Crippen molar-refractivity contribution in [3.63, 3.8) is 0 Å². The van der Waals surface area contributed by atoms with E-state index in [9.17, 15) is 17.6 Å². The Morgan fingerprint density at radius 3 is 2.04 bits per heavy atom. The third kappa shape index (κ3) is 5.29. The van der Waals surface area contributed by atoms with Crippen molar-refractivity contribution in [2.24, 2.45) is 0 Å². The van der Waals surface area contributed by atoms with Gasteiger partial charge in [-0.3, -0.25) is 0 Å². The largest absolute Gasteiger partial charge is 0.331 e. The molecule has 0 aromatic heterocycles. The second kappa shape index (κ2) is 8.52. The first kappa shape index (κ1) is 20.9. The molecular weight excluding hydrogens is 367 g/mol. The molecule has 2 unspecified atom stereocenters. The molecular formula is C20H25FN2O3S. The minimum absolute atomic E-state index is 0.213. The number of sulfone groups is 1. The van der Waals surface area contributed by atoms with Gasteiger partial charge >= 0.3 is 6.03 Å². The number of benzene rings is 2. The van der Waals surface area contributed by atoms with Crippen molar-refractivity contribution in [2.45, 2.75) is 37.8 Å². The second-order valence-electron chi connectivity index (χ2n) is 6.53. The van der Waals surface area contributed by atoms with E-state index in [1.54, 1.807) is 29.2 Å². The number of amides is 2. The van der Waals surface area contributed by atoms with Gasteiger partial charge in [0, 0.05) is 12.8 Å². The topological polar surface area (TPSA) is 66.5 Å². The van der Waals surface area contributed by atoms with E-state index in [1.165, 1.54) is 24.3 Å². The number of halogens is 1. The fourth-order valence-corrected chi connectivity index (χ4v) is 3.50. The van der Waals surface area contributed by atoms with Crippen molar-refractivity contribution in [1.82, 2.24) is 10.2 Å². The predicted octanol–water partition coefficient (Wildman–Crippen LogP) is 4.08. The molecule has 146 valence electrons. The molecule has 0 aliphatic carbocycles. The summed E-state index contributed by atoms with van der Waals surface area (Å²) in [7, 11) is -3.25. The molecule has 5 nitrogen and oxygen atoms in total. The Kier molecular flexibility index (Phi) is 6.59. The molecule has 0 saturated carbocycles. The van der Waals surface area contributed by atoms with Gasteiger partial charge in [-0.1, -0.05) is 24.3 Å². The lowest BCUT2D eigenvalue weighted by Gasteiger charge is -2.30. The van der Waals surface area contributed by atoms with Crippen molar-refractivity contribution in [1.29, 1.82) is 0 Å². The summed E-state index contributed by atoms with van der Waals surface area (Å²) in [6.45, 7) is 6.10. The normalized spacial score (nSPS) is 13.7. The molecule has 0 fully saturated rings. The van der Waals surface area contributed by atoms with Crippen LogP contribution in [0.25, 0.3) is 0 Å². The van der Waals surface area contributed by atoms with Crippen LogP contribution in [0.15, 0.2) is 53.4 Å². The molecule has 2 amide bonds. The number of rotatable bonds is 6. The van der Waals surface area contributed by atoms with Crippen LogP contribution in [0.4, 0.5) is 9.18 Å². The third-order valence-corrected chi connectivity index (χ3v) is 5.70. The zero-order valence-electron chi connectivity index (χ0n) is 15.9. The maximum Gasteiger partial charge on any atom is 0.318 e. The Balaban J connectivity index is 2.10. The molecule has 0 saturated heterocycles. The van der Waals surface area contributed by atoms with Gasteiger partial charge in [-0.2, -0.15) is 0 Å². The second-order valence-corrected chi connectivity index (χ2v) is 8.54. The van der Waals surface area contributed by atoms with E-state index < -0.39 is 9.84 Å². The minimum Gasteiger partial charge on any atom is -0.331 e. The molecule has 0 aliphatic rings. The number of carbonyl (C=O) groups excluding carboxylic acids is 1. The minimum atomic E-state index is -3.25. The van der Waals surface area contributed by atoms with Gasteiger partial charge in [0.2, 0.25) is 0 Å². The third-order valence-electron chi connectivity index (χ3n) is 4.57. The van der Waals surface area contributed by atoms with Crippen LogP contribution in [0.3, 0.4) is 0 Å². The van der Waals surface area contributed by atoms with Crippen LogP contribution in [-0.4, -0.2) is 32.1 Å². The molecule has 1 N–H and O–H groups in total. The Hall–Kier alpha value is -2.41. The fraction of sp³-hybridized carbons (Fsp3) is 0.350. The average Bonchev–Trinajstić information content (AvgIpc) is 2.62. The number of carbonyl (C=O) groups is 1. The Bertz CT molecular complexity index is 880. The van der Waals surface area contributed by atoms with E-state index >= 15 is 0 Å². The van der Waals surface area contributed by atoms with Crippen LogP contribution >= 0.6 is 0 Å². The molecule has 0 aliphatic heterocycles. The lowest BCUT2D eigenvalue weighted by atomic mass is 10.1. The van der Waals surface area contributed by atoms with Gasteiger partial charge in [0.1, 0.15) is 5.82 Å². The molecule has 0 radical (unpaired) electrons. The van der Waals surface area contributed by atoms with E-state index in [4.69, 9.17) is 0 Å². The molecule has 2 rings (SSSR count). The van der Waals surface area contributed by atoms with Gasteiger partial charge in [0.25, 0.3) is 0 Å². The summed E-state index contributed by atoms with van der Waals surface area (Å²) in [5.74, 6) is -0.315. The summed E-state index contributed by atoms with van der Waals surface area (Å²) in [5, 5.41) is 2.93. The number of urea groups is 1. The summed E-state index contributed by atoms with van der Waals surface area (Å²) in [6.07, 6.45) is 1.16. The van der Waals surface area contributed by atoms with Crippen molar-refractivity contribution in [3.8, 4) is 0 Å². The fourth-order valence-electron chi connectivity index (χ4n) is 2.87. The molecule has 2 aromatic rings. The van der Waals surface area contributed by atoms with E-state index in [0.29, 0.717) is 6.54 Å². The van der Waals surface area contributed by atoms with Gasteiger partial charge < -0.3 is 10.2 Å². The van der Waals surface area contributed by atoms with Crippen LogP contribution in [0.5, 0.6) is 0 Å². The van der Waals surface area contributed by atoms with Gasteiger partial charge in [0.15, 0.2) is 9.84 Å². The number of nitrogens with zero attached hydrogens (tertiary/aromatic N) is 1. The van der Waals surface area contributed by atoms with Crippen LogP contribution in [0.2, 0.25) is 0 Å². The van der Waals surface area contributed by atoms with E-state index in [1.807, 2.05) is 20.8 Å². The van der Waals surface area contributed by atoms with Gasteiger partial charge in [-0.05, 0) is 56.2 Å². The Morgan fingerprint density at radius 1 is 1.04 bits per heavy atom. The van der Waals surface area contributed by atoms with Crippen LogP contribution < -0.4 is 5.32 Å². The van der Waals surface area contributed by atoms with Crippen molar-refractivity contribution < 1.29 is 17.6 Å². The molecule has 0 heterocycles. The zero-order chi connectivity index (χ0) is 20.2. The monoisotopic (exact) mass is 392 g/mol. The molecule has 2 aromatic carbocycles. The van der Waals surface area contributed by atoms with Crippen LogP contribution in [0, 0.1) is 5.82 Å². The highest BCUT2D eigenvalue weighted by Gasteiger charge is 2.22.